The second kappa shape index (κ2) is 5.33. The van der Waals surface area contributed by atoms with E-state index >= 15 is 0 Å². The Balaban J connectivity index is 1.89. The maximum Gasteiger partial charge on any atom is 0.257 e. The lowest BCUT2D eigenvalue weighted by Gasteiger charge is -2.23. The number of halogens is 1. The Kier molecular flexibility index (Phi) is 3.56. The maximum absolute atomic E-state index is 6.43. The molecule has 1 aliphatic carbocycles. The van der Waals surface area contributed by atoms with Crippen LogP contribution in [0.2, 0.25) is 5.02 Å². The van der Waals surface area contributed by atoms with Crippen molar-refractivity contribution in [2.24, 2.45) is 0 Å². The zero-order chi connectivity index (χ0) is 13.2. The molecule has 0 saturated heterocycles. The fourth-order valence-corrected chi connectivity index (χ4v) is 3.15. The number of hydrogen-bond acceptors (Lipinski definition) is 3. The van der Waals surface area contributed by atoms with Crippen LogP contribution in [0.5, 0.6) is 0 Å². The van der Waals surface area contributed by atoms with Crippen molar-refractivity contribution >= 4 is 11.6 Å². The van der Waals surface area contributed by atoms with Gasteiger partial charge in [0, 0.05) is 10.6 Å². The third-order valence-corrected chi connectivity index (χ3v) is 4.15. The van der Waals surface area contributed by atoms with E-state index in [4.69, 9.17) is 16.1 Å². The van der Waals surface area contributed by atoms with Gasteiger partial charge < -0.3 is 4.52 Å². The highest BCUT2D eigenvalue weighted by atomic mass is 35.5. The molecule has 3 nitrogen and oxygen atoms in total. The summed E-state index contributed by atoms with van der Waals surface area (Å²) in [7, 11) is 0. The highest BCUT2D eigenvalue weighted by Gasteiger charge is 2.19. The molecule has 1 saturated carbocycles. The normalized spacial score (nSPS) is 16.7. The topological polar surface area (TPSA) is 38.9 Å². The van der Waals surface area contributed by atoms with Crippen molar-refractivity contribution in [1.82, 2.24) is 10.1 Å². The molecule has 0 amide bonds. The number of aryl methyl sites for hydroxylation is 1. The summed E-state index contributed by atoms with van der Waals surface area (Å²) in [5.74, 6) is 1.79. The predicted molar refractivity (Wildman–Crippen MR) is 75.3 cm³/mol. The number of nitrogens with zero attached hydrogens (tertiary/aromatic N) is 2. The Bertz CT molecular complexity index is 573. The van der Waals surface area contributed by atoms with E-state index in [2.05, 4.69) is 16.2 Å². The van der Waals surface area contributed by atoms with E-state index < -0.39 is 0 Å². The molecule has 1 aromatic heterocycles. The second-order valence-corrected chi connectivity index (χ2v) is 5.63. The Hall–Kier alpha value is -1.35. The predicted octanol–water partition coefficient (Wildman–Crippen LogP) is 4.75. The SMILES string of the molecule is Cc1noc(-c2ccc(C3CCCCC3)c(Cl)c2)n1. The van der Waals surface area contributed by atoms with Crippen LogP contribution in [0, 0.1) is 6.92 Å². The van der Waals surface area contributed by atoms with Crippen molar-refractivity contribution in [3.8, 4) is 11.5 Å². The zero-order valence-electron chi connectivity index (χ0n) is 11.0. The summed E-state index contributed by atoms with van der Waals surface area (Å²) >= 11 is 6.43. The number of rotatable bonds is 2. The van der Waals surface area contributed by atoms with Crippen molar-refractivity contribution in [3.05, 3.63) is 34.6 Å². The fourth-order valence-electron chi connectivity index (χ4n) is 2.82. The molecule has 0 aliphatic heterocycles. The van der Waals surface area contributed by atoms with Crippen LogP contribution in [0.3, 0.4) is 0 Å². The minimum Gasteiger partial charge on any atom is -0.334 e. The molecule has 3 rings (SSSR count). The van der Waals surface area contributed by atoms with Gasteiger partial charge in [0.05, 0.1) is 0 Å². The molecule has 0 atom stereocenters. The van der Waals surface area contributed by atoms with E-state index in [0.717, 1.165) is 10.6 Å². The number of hydrogen-bond donors (Lipinski definition) is 0. The third-order valence-electron chi connectivity index (χ3n) is 3.82. The molecular weight excluding hydrogens is 260 g/mol. The summed E-state index contributed by atoms with van der Waals surface area (Å²) in [6.45, 7) is 1.81. The van der Waals surface area contributed by atoms with Gasteiger partial charge in [-0.15, -0.1) is 0 Å². The Morgan fingerprint density at radius 3 is 2.63 bits per heavy atom. The Morgan fingerprint density at radius 2 is 2.00 bits per heavy atom. The van der Waals surface area contributed by atoms with E-state index in [9.17, 15) is 0 Å². The lowest BCUT2D eigenvalue weighted by Crippen LogP contribution is -2.05. The molecule has 1 aliphatic rings. The number of aromatic nitrogens is 2. The molecule has 100 valence electrons. The zero-order valence-corrected chi connectivity index (χ0v) is 11.8. The van der Waals surface area contributed by atoms with Crippen LogP contribution in [-0.2, 0) is 0 Å². The van der Waals surface area contributed by atoms with Gasteiger partial charge in [0.1, 0.15) is 0 Å². The minimum atomic E-state index is 0.537. The summed E-state index contributed by atoms with van der Waals surface area (Å²) in [5.41, 5.74) is 2.16. The molecule has 0 bridgehead atoms. The van der Waals surface area contributed by atoms with Gasteiger partial charge in [-0.05, 0) is 43.4 Å². The standard InChI is InChI=1S/C15H17ClN2O/c1-10-17-15(19-18-10)12-7-8-13(14(16)9-12)11-5-3-2-4-6-11/h7-9,11H,2-6H2,1H3. The Labute approximate surface area is 118 Å². The van der Waals surface area contributed by atoms with Gasteiger partial charge in [0.25, 0.3) is 5.89 Å². The molecule has 4 heteroatoms. The van der Waals surface area contributed by atoms with Gasteiger partial charge in [0.15, 0.2) is 5.82 Å². The molecule has 0 spiro atoms. The first-order valence-electron chi connectivity index (χ1n) is 6.84. The average molecular weight is 277 g/mol. The lowest BCUT2D eigenvalue weighted by molar-refractivity contribution is 0.425. The van der Waals surface area contributed by atoms with Crippen LogP contribution >= 0.6 is 11.6 Å². The first-order chi connectivity index (χ1) is 9.24. The summed E-state index contributed by atoms with van der Waals surface area (Å²) < 4.78 is 5.17. The van der Waals surface area contributed by atoms with E-state index in [1.807, 2.05) is 19.1 Å². The van der Waals surface area contributed by atoms with Crippen molar-refractivity contribution in [2.45, 2.75) is 44.9 Å². The van der Waals surface area contributed by atoms with Gasteiger partial charge in [-0.25, -0.2) is 0 Å². The molecule has 2 aromatic rings. The summed E-state index contributed by atoms with van der Waals surface area (Å²) in [5, 5.41) is 4.63. The van der Waals surface area contributed by atoms with Gasteiger partial charge in [-0.3, -0.25) is 0 Å². The van der Waals surface area contributed by atoms with E-state index in [0.29, 0.717) is 17.6 Å². The van der Waals surface area contributed by atoms with Crippen LogP contribution in [0.25, 0.3) is 11.5 Å². The van der Waals surface area contributed by atoms with Gasteiger partial charge in [-0.2, -0.15) is 4.98 Å². The van der Waals surface area contributed by atoms with Gasteiger partial charge in [0.2, 0.25) is 0 Å². The van der Waals surface area contributed by atoms with Crippen molar-refractivity contribution < 1.29 is 4.52 Å². The summed E-state index contributed by atoms with van der Waals surface area (Å²) in [6.07, 6.45) is 6.47. The highest BCUT2D eigenvalue weighted by molar-refractivity contribution is 6.31. The van der Waals surface area contributed by atoms with Crippen LogP contribution in [0.15, 0.2) is 22.7 Å². The van der Waals surface area contributed by atoms with Crippen molar-refractivity contribution in [2.75, 3.05) is 0 Å². The molecular formula is C15H17ClN2O. The lowest BCUT2D eigenvalue weighted by atomic mass is 9.84. The van der Waals surface area contributed by atoms with Crippen LogP contribution in [-0.4, -0.2) is 10.1 Å². The molecule has 0 radical (unpaired) electrons. The van der Waals surface area contributed by atoms with E-state index in [1.165, 1.54) is 37.7 Å². The third kappa shape index (κ3) is 2.66. The van der Waals surface area contributed by atoms with Crippen LogP contribution < -0.4 is 0 Å². The molecule has 0 N–H and O–H groups in total. The van der Waals surface area contributed by atoms with E-state index in [-0.39, 0.29) is 0 Å². The second-order valence-electron chi connectivity index (χ2n) is 5.22. The smallest absolute Gasteiger partial charge is 0.257 e. The summed E-state index contributed by atoms with van der Waals surface area (Å²) in [6, 6.07) is 6.09. The fraction of sp³-hybridized carbons (Fsp3) is 0.467. The largest absolute Gasteiger partial charge is 0.334 e. The van der Waals surface area contributed by atoms with E-state index in [1.54, 1.807) is 0 Å². The minimum absolute atomic E-state index is 0.537. The molecule has 1 heterocycles. The first kappa shape index (κ1) is 12.7. The molecule has 1 fully saturated rings. The van der Waals surface area contributed by atoms with Crippen LogP contribution in [0.4, 0.5) is 0 Å². The molecule has 0 unspecified atom stereocenters. The number of benzene rings is 1. The van der Waals surface area contributed by atoms with Crippen LogP contribution in [0.1, 0.15) is 49.4 Å². The molecule has 19 heavy (non-hydrogen) atoms. The van der Waals surface area contributed by atoms with Gasteiger partial charge >= 0.3 is 0 Å². The van der Waals surface area contributed by atoms with Gasteiger partial charge in [-0.1, -0.05) is 42.1 Å². The van der Waals surface area contributed by atoms with Crippen molar-refractivity contribution in [1.29, 1.82) is 0 Å². The quantitative estimate of drug-likeness (QED) is 0.795. The Morgan fingerprint density at radius 1 is 1.21 bits per heavy atom. The average Bonchev–Trinajstić information content (AvgIpc) is 2.86. The summed E-state index contributed by atoms with van der Waals surface area (Å²) in [4.78, 5) is 4.23. The monoisotopic (exact) mass is 276 g/mol. The van der Waals surface area contributed by atoms with Crippen molar-refractivity contribution in [3.63, 3.8) is 0 Å². The first-order valence-corrected chi connectivity index (χ1v) is 7.22. The maximum atomic E-state index is 6.43. The highest BCUT2D eigenvalue weighted by Crippen LogP contribution is 2.37. The molecule has 1 aromatic carbocycles.